The molecule has 0 aliphatic heterocycles. The van der Waals surface area contributed by atoms with E-state index in [4.69, 9.17) is 9.78 Å². The fourth-order valence-electron chi connectivity index (χ4n) is 2.89. The first-order valence-corrected chi connectivity index (χ1v) is 9.89. The third-order valence-electron chi connectivity index (χ3n) is 4.31. The Morgan fingerprint density at radius 2 is 1.75 bits per heavy atom. The number of alkyl halides is 1. The summed E-state index contributed by atoms with van der Waals surface area (Å²) in [6.45, 7) is 4.36. The molecule has 3 aromatic carbocycles. The van der Waals surface area contributed by atoms with Crippen LogP contribution < -0.4 is 4.89 Å². The lowest BCUT2D eigenvalue weighted by Crippen LogP contribution is -2.08. The largest absolute Gasteiger partial charge is 0.335 e. The van der Waals surface area contributed by atoms with Crippen LogP contribution in [0.5, 0.6) is 5.75 Å². The average Bonchev–Trinajstić information content (AvgIpc) is 2.63. The number of hydrogen-bond donors (Lipinski definition) is 0. The maximum atomic E-state index is 5.88. The van der Waals surface area contributed by atoms with Crippen molar-refractivity contribution in [3.05, 3.63) is 54.1 Å². The Bertz CT molecular complexity index is 829. The Kier molecular flexibility index (Phi) is 5.95. The van der Waals surface area contributed by atoms with E-state index in [1.54, 1.807) is 0 Å². The second-order valence-corrected chi connectivity index (χ2v) is 7.46. The summed E-state index contributed by atoms with van der Waals surface area (Å²) in [6, 6.07) is 17.1. The molecule has 24 heavy (non-hydrogen) atoms. The van der Waals surface area contributed by atoms with Gasteiger partial charge in [-0.2, -0.15) is 4.89 Å². The maximum Gasteiger partial charge on any atom is 0.181 e. The van der Waals surface area contributed by atoms with E-state index in [0.29, 0.717) is 0 Å². The zero-order chi connectivity index (χ0) is 16.9. The van der Waals surface area contributed by atoms with Crippen molar-refractivity contribution >= 4 is 44.1 Å². The minimum atomic E-state index is 0.0610. The van der Waals surface area contributed by atoms with E-state index >= 15 is 0 Å². The van der Waals surface area contributed by atoms with Crippen LogP contribution in [-0.4, -0.2) is 4.11 Å². The zero-order valence-corrected chi connectivity index (χ0v) is 16.4. The van der Waals surface area contributed by atoms with Crippen LogP contribution >= 0.6 is 22.6 Å². The highest BCUT2D eigenvalue weighted by atomic mass is 127. The number of halogens is 1. The van der Waals surface area contributed by atoms with Crippen molar-refractivity contribution in [1.82, 2.24) is 0 Å². The maximum absolute atomic E-state index is 5.88. The molecule has 0 aliphatic carbocycles. The van der Waals surface area contributed by atoms with Crippen LogP contribution in [0.25, 0.3) is 21.5 Å². The molecular weight excluding hydrogens is 411 g/mol. The van der Waals surface area contributed by atoms with Gasteiger partial charge < -0.3 is 4.89 Å². The molecule has 0 aliphatic rings. The minimum absolute atomic E-state index is 0.0610. The number of aryl methyl sites for hydroxylation is 1. The van der Waals surface area contributed by atoms with Crippen LogP contribution in [0.2, 0.25) is 0 Å². The molecule has 0 bridgehead atoms. The topological polar surface area (TPSA) is 18.5 Å². The molecule has 0 heterocycles. The fourth-order valence-corrected chi connectivity index (χ4v) is 3.44. The molecule has 0 amide bonds. The first-order chi connectivity index (χ1) is 11.7. The van der Waals surface area contributed by atoms with E-state index in [2.05, 4.69) is 78.9 Å². The molecule has 0 saturated heterocycles. The highest BCUT2D eigenvalue weighted by Gasteiger charge is 2.13. The van der Waals surface area contributed by atoms with Crippen molar-refractivity contribution in [2.45, 2.75) is 43.6 Å². The van der Waals surface area contributed by atoms with Gasteiger partial charge in [0.1, 0.15) is 0 Å². The lowest BCUT2D eigenvalue weighted by atomic mass is 10.00. The van der Waals surface area contributed by atoms with Gasteiger partial charge >= 0.3 is 0 Å². The molecule has 0 fully saturated rings. The SMILES string of the molecule is CCCCC(I)OOc1c2ccccc2cc2ccc(CC)cc12. The molecule has 3 heteroatoms. The molecule has 126 valence electrons. The van der Waals surface area contributed by atoms with Crippen LogP contribution in [0.4, 0.5) is 0 Å². The zero-order valence-electron chi connectivity index (χ0n) is 14.2. The fraction of sp³-hybridized carbons (Fsp3) is 0.333. The van der Waals surface area contributed by atoms with Gasteiger partial charge in [-0.3, -0.25) is 0 Å². The molecule has 3 rings (SSSR count). The van der Waals surface area contributed by atoms with Crippen molar-refractivity contribution in [1.29, 1.82) is 0 Å². The second kappa shape index (κ2) is 8.17. The Labute approximate surface area is 157 Å². The summed E-state index contributed by atoms with van der Waals surface area (Å²) in [5.41, 5.74) is 1.31. The molecular formula is C21H23IO2. The highest BCUT2D eigenvalue weighted by Crippen LogP contribution is 2.36. The van der Waals surface area contributed by atoms with E-state index in [0.717, 1.165) is 35.8 Å². The molecule has 1 atom stereocenters. The summed E-state index contributed by atoms with van der Waals surface area (Å²) in [7, 11) is 0. The quantitative estimate of drug-likeness (QED) is 0.134. The van der Waals surface area contributed by atoms with Crippen LogP contribution in [-0.2, 0) is 11.3 Å². The van der Waals surface area contributed by atoms with Gasteiger partial charge in [0, 0.05) is 10.8 Å². The van der Waals surface area contributed by atoms with Crippen molar-refractivity contribution < 1.29 is 9.78 Å². The summed E-state index contributed by atoms with van der Waals surface area (Å²) in [4.78, 5) is 11.6. The molecule has 0 saturated carbocycles. The van der Waals surface area contributed by atoms with E-state index < -0.39 is 0 Å². The Balaban J connectivity index is 2.03. The smallest absolute Gasteiger partial charge is 0.181 e. The Morgan fingerprint density at radius 1 is 0.958 bits per heavy atom. The first-order valence-electron chi connectivity index (χ1n) is 8.64. The van der Waals surface area contributed by atoms with E-state index in [-0.39, 0.29) is 4.11 Å². The number of rotatable bonds is 7. The third kappa shape index (κ3) is 3.83. The number of unbranched alkanes of at least 4 members (excludes halogenated alkanes) is 1. The van der Waals surface area contributed by atoms with Gasteiger partial charge in [0.25, 0.3) is 0 Å². The van der Waals surface area contributed by atoms with Crippen LogP contribution in [0.3, 0.4) is 0 Å². The minimum Gasteiger partial charge on any atom is -0.335 e. The Hall–Kier alpha value is -1.33. The molecule has 0 radical (unpaired) electrons. The molecule has 1 unspecified atom stereocenters. The van der Waals surface area contributed by atoms with E-state index in [1.807, 2.05) is 6.07 Å². The van der Waals surface area contributed by atoms with Crippen molar-refractivity contribution in [2.75, 3.05) is 0 Å². The lowest BCUT2D eigenvalue weighted by molar-refractivity contribution is -0.212. The van der Waals surface area contributed by atoms with Gasteiger partial charge in [-0.05, 0) is 63.9 Å². The molecule has 3 aromatic rings. The van der Waals surface area contributed by atoms with Crippen LogP contribution in [0, 0.1) is 0 Å². The summed E-state index contributed by atoms with van der Waals surface area (Å²) >= 11 is 2.31. The van der Waals surface area contributed by atoms with Crippen molar-refractivity contribution in [3.8, 4) is 5.75 Å². The summed E-state index contributed by atoms with van der Waals surface area (Å²) in [5.74, 6) is 0.830. The number of hydrogen-bond acceptors (Lipinski definition) is 2. The van der Waals surface area contributed by atoms with Crippen molar-refractivity contribution in [3.63, 3.8) is 0 Å². The number of benzene rings is 3. The molecule has 0 aromatic heterocycles. The third-order valence-corrected chi connectivity index (χ3v) is 5.14. The number of fused-ring (bicyclic) bond motifs is 2. The normalized spacial score (nSPS) is 12.6. The van der Waals surface area contributed by atoms with Gasteiger partial charge in [0.2, 0.25) is 0 Å². The van der Waals surface area contributed by atoms with Gasteiger partial charge in [0.15, 0.2) is 9.86 Å². The van der Waals surface area contributed by atoms with E-state index in [9.17, 15) is 0 Å². The molecule has 0 N–H and O–H groups in total. The molecule has 0 spiro atoms. The predicted molar refractivity (Wildman–Crippen MR) is 110 cm³/mol. The van der Waals surface area contributed by atoms with Gasteiger partial charge in [-0.15, -0.1) is 0 Å². The monoisotopic (exact) mass is 434 g/mol. The Morgan fingerprint density at radius 3 is 2.54 bits per heavy atom. The van der Waals surface area contributed by atoms with E-state index in [1.165, 1.54) is 22.8 Å². The summed E-state index contributed by atoms with van der Waals surface area (Å²) < 4.78 is 0.0610. The molecule has 2 nitrogen and oxygen atoms in total. The van der Waals surface area contributed by atoms with Crippen molar-refractivity contribution in [2.24, 2.45) is 0 Å². The summed E-state index contributed by atoms with van der Waals surface area (Å²) in [6.07, 6.45) is 4.32. The predicted octanol–water partition coefficient (Wildman–Crippen LogP) is 6.82. The van der Waals surface area contributed by atoms with Crippen LogP contribution in [0.1, 0.15) is 38.7 Å². The van der Waals surface area contributed by atoms with Gasteiger partial charge in [-0.1, -0.05) is 63.1 Å². The standard InChI is InChI=1S/C21H23IO2/c1-3-5-10-20(22)23-24-21-18-9-7-6-8-16(18)14-17-12-11-15(4-2)13-19(17)21/h6-9,11-14,20H,3-5,10H2,1-2H3. The van der Waals surface area contributed by atoms with Gasteiger partial charge in [0.05, 0.1) is 0 Å². The first kappa shape index (κ1) is 17.5. The second-order valence-electron chi connectivity index (χ2n) is 6.07. The van der Waals surface area contributed by atoms with Gasteiger partial charge in [-0.25, -0.2) is 0 Å². The average molecular weight is 434 g/mol. The highest BCUT2D eigenvalue weighted by molar-refractivity contribution is 14.1. The van der Waals surface area contributed by atoms with Crippen LogP contribution in [0.15, 0.2) is 48.5 Å². The lowest BCUT2D eigenvalue weighted by Gasteiger charge is -2.15. The summed E-state index contributed by atoms with van der Waals surface area (Å²) in [5, 5.41) is 4.57.